The Hall–Kier alpha value is -2.77. The molecule has 0 aromatic heterocycles. The Bertz CT molecular complexity index is 1380. The van der Waals surface area contributed by atoms with Crippen LogP contribution in [-0.4, -0.2) is 77.9 Å². The van der Waals surface area contributed by atoms with Gasteiger partial charge >= 0.3 is 0 Å². The van der Waals surface area contributed by atoms with E-state index in [9.17, 15) is 21.6 Å². The molecule has 0 unspecified atom stereocenters. The van der Waals surface area contributed by atoms with E-state index >= 15 is 0 Å². The van der Waals surface area contributed by atoms with Gasteiger partial charge in [0.05, 0.1) is 25.2 Å². The van der Waals surface area contributed by atoms with Crippen molar-refractivity contribution < 1.29 is 31.1 Å². The quantitative estimate of drug-likeness (QED) is 0.490. The van der Waals surface area contributed by atoms with Gasteiger partial charge in [0.1, 0.15) is 10.6 Å². The first-order valence-corrected chi connectivity index (χ1v) is 15.4. The van der Waals surface area contributed by atoms with Gasteiger partial charge < -0.3 is 14.8 Å². The fraction of sp³-hybridized carbons (Fsp3) is 0.423. The zero-order valence-corrected chi connectivity index (χ0v) is 23.0. The number of carbonyl (C=O) groups is 1. The van der Waals surface area contributed by atoms with E-state index in [4.69, 9.17) is 9.47 Å². The molecule has 2 aromatic rings. The van der Waals surface area contributed by atoms with Crippen LogP contribution in [0.15, 0.2) is 58.3 Å². The largest absolute Gasteiger partial charge is 0.495 e. The lowest BCUT2D eigenvalue weighted by atomic mass is 10.2. The van der Waals surface area contributed by atoms with Gasteiger partial charge in [-0.05, 0) is 54.8 Å². The minimum Gasteiger partial charge on any atom is -0.495 e. The predicted molar refractivity (Wildman–Crippen MR) is 144 cm³/mol. The highest BCUT2D eigenvalue weighted by molar-refractivity contribution is 7.89. The Balaban J connectivity index is 1.48. The first kappa shape index (κ1) is 28.2. The van der Waals surface area contributed by atoms with E-state index in [-0.39, 0.29) is 28.6 Å². The smallest absolute Gasteiger partial charge is 0.248 e. The van der Waals surface area contributed by atoms with Crippen molar-refractivity contribution in [3.05, 3.63) is 54.1 Å². The number of ether oxygens (including phenoxy) is 2. The van der Waals surface area contributed by atoms with Crippen LogP contribution < -0.4 is 10.1 Å². The molecule has 2 saturated heterocycles. The van der Waals surface area contributed by atoms with Crippen LogP contribution in [0.2, 0.25) is 0 Å². The lowest BCUT2D eigenvalue weighted by molar-refractivity contribution is -0.111. The summed E-state index contributed by atoms with van der Waals surface area (Å²) in [7, 11) is -6.06. The van der Waals surface area contributed by atoms with Crippen LogP contribution in [-0.2, 0) is 29.6 Å². The molecule has 0 radical (unpaired) electrons. The van der Waals surface area contributed by atoms with E-state index in [1.165, 1.54) is 46.1 Å². The van der Waals surface area contributed by atoms with Gasteiger partial charge in [-0.1, -0.05) is 25.0 Å². The lowest BCUT2D eigenvalue weighted by Crippen LogP contribution is -2.40. The standard InChI is InChI=1S/C26H33N3O7S2/c1-35-24-11-9-21(19-25(24)38(33,34)29-15-17-36-18-16-29)10-12-26(30)27-22-7-6-8-23(20-22)37(31,32)28-13-4-2-3-5-14-28/h6-12,19-20H,2-5,13-18H2,1H3,(H,27,30)/b12-10+. The maximum Gasteiger partial charge on any atom is 0.248 e. The summed E-state index contributed by atoms with van der Waals surface area (Å²) in [5.74, 6) is -0.275. The summed E-state index contributed by atoms with van der Waals surface area (Å²) in [4.78, 5) is 12.8. The highest BCUT2D eigenvalue weighted by Crippen LogP contribution is 2.29. The van der Waals surface area contributed by atoms with Crippen LogP contribution in [0.3, 0.4) is 0 Å². The summed E-state index contributed by atoms with van der Waals surface area (Å²) in [6, 6.07) is 10.8. The molecule has 0 atom stereocenters. The zero-order valence-electron chi connectivity index (χ0n) is 21.3. The van der Waals surface area contributed by atoms with E-state index < -0.39 is 26.0 Å². The number of carbonyl (C=O) groups excluding carboxylic acids is 1. The minimum absolute atomic E-state index is 0.0101. The normalized spacial score (nSPS) is 18.2. The van der Waals surface area contributed by atoms with Gasteiger partial charge in [-0.2, -0.15) is 8.61 Å². The van der Waals surface area contributed by atoms with Crippen molar-refractivity contribution in [3.63, 3.8) is 0 Å². The number of hydrogen-bond donors (Lipinski definition) is 1. The van der Waals surface area contributed by atoms with Crippen molar-refractivity contribution in [1.29, 1.82) is 0 Å². The number of hydrogen-bond acceptors (Lipinski definition) is 7. The summed E-state index contributed by atoms with van der Waals surface area (Å²) >= 11 is 0. The number of amides is 1. The fourth-order valence-corrected chi connectivity index (χ4v) is 7.61. The Kier molecular flexibility index (Phi) is 9.21. The molecule has 12 heteroatoms. The molecule has 2 fully saturated rings. The minimum atomic E-state index is -3.81. The summed E-state index contributed by atoms with van der Waals surface area (Å²) < 4.78 is 65.9. The molecule has 2 aromatic carbocycles. The molecule has 4 rings (SSSR count). The number of rotatable bonds is 8. The fourth-order valence-electron chi connectivity index (χ4n) is 4.45. The third-order valence-electron chi connectivity index (χ3n) is 6.51. The van der Waals surface area contributed by atoms with Gasteiger partial charge in [0, 0.05) is 37.9 Å². The molecule has 0 spiro atoms. The third-order valence-corrected chi connectivity index (χ3v) is 10.3. The number of benzene rings is 2. The van der Waals surface area contributed by atoms with Gasteiger partial charge in [-0.25, -0.2) is 16.8 Å². The number of anilines is 1. The highest BCUT2D eigenvalue weighted by atomic mass is 32.2. The molecule has 1 amide bonds. The van der Waals surface area contributed by atoms with Crippen molar-refractivity contribution in [2.75, 3.05) is 51.8 Å². The first-order valence-electron chi connectivity index (χ1n) is 12.6. The monoisotopic (exact) mass is 563 g/mol. The molecule has 1 N–H and O–H groups in total. The Labute approximate surface area is 224 Å². The third kappa shape index (κ3) is 6.62. The second-order valence-electron chi connectivity index (χ2n) is 9.10. The summed E-state index contributed by atoms with van der Waals surface area (Å²) in [5.41, 5.74) is 0.839. The van der Waals surface area contributed by atoms with E-state index in [0.717, 1.165) is 25.7 Å². The van der Waals surface area contributed by atoms with Gasteiger partial charge in [0.15, 0.2) is 0 Å². The van der Waals surface area contributed by atoms with Crippen molar-refractivity contribution >= 4 is 37.7 Å². The topological polar surface area (TPSA) is 122 Å². The van der Waals surface area contributed by atoms with Crippen molar-refractivity contribution in [2.24, 2.45) is 0 Å². The molecule has 2 aliphatic rings. The van der Waals surface area contributed by atoms with Crippen molar-refractivity contribution in [3.8, 4) is 5.75 Å². The average Bonchev–Trinajstić information content (AvgIpc) is 3.23. The number of nitrogens with zero attached hydrogens (tertiary/aromatic N) is 2. The summed E-state index contributed by atoms with van der Waals surface area (Å²) in [6.07, 6.45) is 6.46. The van der Waals surface area contributed by atoms with E-state index in [1.807, 2.05) is 0 Å². The highest BCUT2D eigenvalue weighted by Gasteiger charge is 2.29. The predicted octanol–water partition coefficient (Wildman–Crippen LogP) is 2.93. The molecule has 2 aliphatic heterocycles. The van der Waals surface area contributed by atoms with E-state index in [2.05, 4.69) is 5.32 Å². The first-order chi connectivity index (χ1) is 18.2. The summed E-state index contributed by atoms with van der Waals surface area (Å²) in [5, 5.41) is 2.69. The number of methoxy groups -OCH3 is 1. The molecule has 0 aliphatic carbocycles. The zero-order chi connectivity index (χ0) is 27.2. The molecular weight excluding hydrogens is 530 g/mol. The van der Waals surface area contributed by atoms with E-state index in [1.54, 1.807) is 24.3 Å². The van der Waals surface area contributed by atoms with Crippen LogP contribution in [0.4, 0.5) is 5.69 Å². The van der Waals surface area contributed by atoms with Gasteiger partial charge in [-0.3, -0.25) is 4.79 Å². The number of nitrogens with one attached hydrogen (secondary N) is 1. The van der Waals surface area contributed by atoms with Gasteiger partial charge in [-0.15, -0.1) is 0 Å². The van der Waals surface area contributed by atoms with Crippen LogP contribution in [0.1, 0.15) is 31.2 Å². The SMILES string of the molecule is COc1ccc(/C=C/C(=O)Nc2cccc(S(=O)(=O)N3CCCCCC3)c2)cc1S(=O)(=O)N1CCOCC1. The van der Waals surface area contributed by atoms with Crippen LogP contribution in [0.25, 0.3) is 6.08 Å². The molecule has 0 bridgehead atoms. The number of sulfonamides is 2. The molecule has 38 heavy (non-hydrogen) atoms. The number of morpholine rings is 1. The maximum absolute atomic E-state index is 13.2. The molecule has 206 valence electrons. The van der Waals surface area contributed by atoms with Gasteiger partial charge in [0.25, 0.3) is 0 Å². The van der Waals surface area contributed by atoms with Crippen LogP contribution in [0.5, 0.6) is 5.75 Å². The van der Waals surface area contributed by atoms with Crippen LogP contribution in [0, 0.1) is 0 Å². The Morgan fingerprint density at radius 3 is 2.26 bits per heavy atom. The maximum atomic E-state index is 13.2. The van der Waals surface area contributed by atoms with Crippen molar-refractivity contribution in [2.45, 2.75) is 35.5 Å². The van der Waals surface area contributed by atoms with Gasteiger partial charge in [0.2, 0.25) is 26.0 Å². The van der Waals surface area contributed by atoms with E-state index in [0.29, 0.717) is 37.6 Å². The molecule has 2 heterocycles. The summed E-state index contributed by atoms with van der Waals surface area (Å²) in [6.45, 7) is 2.13. The van der Waals surface area contributed by atoms with Crippen LogP contribution >= 0.6 is 0 Å². The Morgan fingerprint density at radius 2 is 1.58 bits per heavy atom. The molecule has 0 saturated carbocycles. The molecule has 10 nitrogen and oxygen atoms in total. The lowest BCUT2D eigenvalue weighted by Gasteiger charge is -2.26. The Morgan fingerprint density at radius 1 is 0.895 bits per heavy atom. The van der Waals surface area contributed by atoms with Crippen molar-refractivity contribution in [1.82, 2.24) is 8.61 Å². The average molecular weight is 564 g/mol. The second kappa shape index (κ2) is 12.4. The second-order valence-corrected chi connectivity index (χ2v) is 12.9. The molecular formula is C26H33N3O7S2.